The van der Waals surface area contributed by atoms with Gasteiger partial charge in [-0.1, -0.05) is 0 Å². The zero-order chi connectivity index (χ0) is 0. The molecule has 0 aliphatic heterocycles. The molecule has 0 rings (SSSR count). The Hall–Kier alpha value is 2.00. The molecule has 0 unspecified atom stereocenters. The first-order valence-corrected chi connectivity index (χ1v) is 0. The molecule has 0 aromatic heterocycles. The molecular formula is F5KTi. The fraction of sp³-hybridized carbons (Fsp3) is 0. The Labute approximate surface area is 94.9 Å². The monoisotopic (exact) mass is 182 g/mol. The Morgan fingerprint density at radius 3 is 0.429 bits per heavy atom. The van der Waals surface area contributed by atoms with Crippen molar-refractivity contribution in [3.63, 3.8) is 0 Å². The molecule has 0 amide bonds. The minimum Gasteiger partial charge on any atom is -1.00 e. The average Bonchev–Trinajstić information content (AvgIpc) is 0. The van der Waals surface area contributed by atoms with Gasteiger partial charge in [-0.25, -0.2) is 0 Å². The summed E-state index contributed by atoms with van der Waals surface area (Å²) in [6.45, 7) is 0. The SMILES string of the molecule is [F-].[F-].[F-].[F-].[F-].[K+].[Ti+4]. The van der Waals surface area contributed by atoms with Crippen molar-refractivity contribution < 1.29 is 96.6 Å². The Bertz CT molecular complexity index is 8.04. The van der Waals surface area contributed by atoms with Crippen molar-refractivity contribution in [3.05, 3.63) is 0 Å². The van der Waals surface area contributed by atoms with Gasteiger partial charge >= 0.3 is 73.1 Å². The molecule has 0 N–H and O–H groups in total. The van der Waals surface area contributed by atoms with Crippen molar-refractivity contribution in [2.45, 2.75) is 0 Å². The van der Waals surface area contributed by atoms with E-state index in [1.165, 1.54) is 0 Å². The quantitative estimate of drug-likeness (QED) is 0.258. The van der Waals surface area contributed by atoms with Crippen LogP contribution >= 0.6 is 0 Å². The van der Waals surface area contributed by atoms with Crippen LogP contribution in [0.2, 0.25) is 0 Å². The predicted octanol–water partition coefficient (Wildman–Crippen LogP) is -18.0. The molecule has 0 aromatic rings. The second-order valence-electron chi connectivity index (χ2n) is 0. The van der Waals surface area contributed by atoms with Crippen LogP contribution in [0.1, 0.15) is 0 Å². The van der Waals surface area contributed by atoms with Gasteiger partial charge < -0.3 is 23.5 Å². The van der Waals surface area contributed by atoms with E-state index in [4.69, 9.17) is 0 Å². The smallest absolute Gasteiger partial charge is 1.00 e. The summed E-state index contributed by atoms with van der Waals surface area (Å²) in [6, 6.07) is 0. The summed E-state index contributed by atoms with van der Waals surface area (Å²) in [5, 5.41) is 0. The van der Waals surface area contributed by atoms with Crippen LogP contribution < -0.4 is 74.9 Å². The first-order valence-electron chi connectivity index (χ1n) is 0. The Balaban J connectivity index is 0. The molecule has 0 fully saturated rings. The van der Waals surface area contributed by atoms with Crippen LogP contribution in [0.4, 0.5) is 0 Å². The average molecular weight is 182 g/mol. The Morgan fingerprint density at radius 1 is 0.429 bits per heavy atom. The van der Waals surface area contributed by atoms with Gasteiger partial charge in [0.15, 0.2) is 0 Å². The second kappa shape index (κ2) is 98.0. The molecule has 0 aromatic carbocycles. The first kappa shape index (κ1) is 144. The van der Waals surface area contributed by atoms with Crippen molar-refractivity contribution in [2.24, 2.45) is 0 Å². The normalized spacial score (nSPS) is 0. The molecule has 40 valence electrons. The van der Waals surface area contributed by atoms with Crippen LogP contribution in [0.15, 0.2) is 0 Å². The summed E-state index contributed by atoms with van der Waals surface area (Å²) in [5.41, 5.74) is 0. The van der Waals surface area contributed by atoms with Gasteiger partial charge in [0.05, 0.1) is 0 Å². The third kappa shape index (κ3) is 72.0. The van der Waals surface area contributed by atoms with E-state index in [0.717, 1.165) is 0 Å². The minimum atomic E-state index is 0. The van der Waals surface area contributed by atoms with E-state index in [-0.39, 0.29) is 96.6 Å². The molecule has 0 saturated heterocycles. The maximum Gasteiger partial charge on any atom is 4.00 e. The Morgan fingerprint density at radius 2 is 0.429 bits per heavy atom. The van der Waals surface area contributed by atoms with E-state index in [0.29, 0.717) is 0 Å². The number of halogens is 5. The van der Waals surface area contributed by atoms with Gasteiger partial charge in [-0.3, -0.25) is 0 Å². The summed E-state index contributed by atoms with van der Waals surface area (Å²) in [5.74, 6) is 0. The van der Waals surface area contributed by atoms with Crippen molar-refractivity contribution in [1.82, 2.24) is 0 Å². The summed E-state index contributed by atoms with van der Waals surface area (Å²) in [4.78, 5) is 0. The van der Waals surface area contributed by atoms with Gasteiger partial charge in [0, 0.05) is 0 Å². The molecule has 0 heterocycles. The molecule has 0 spiro atoms. The van der Waals surface area contributed by atoms with E-state index in [9.17, 15) is 0 Å². The predicted molar refractivity (Wildman–Crippen MR) is 0 cm³/mol. The molecule has 7 heavy (non-hydrogen) atoms. The molecule has 0 aliphatic carbocycles. The first-order chi connectivity index (χ1) is 0. The van der Waals surface area contributed by atoms with Crippen LogP contribution in [0, 0.1) is 0 Å². The zero-order valence-electron chi connectivity index (χ0n) is 3.39. The van der Waals surface area contributed by atoms with Gasteiger partial charge in [0.2, 0.25) is 0 Å². The topological polar surface area (TPSA) is 0 Å². The third-order valence-electron chi connectivity index (χ3n) is 0. The summed E-state index contributed by atoms with van der Waals surface area (Å²) in [7, 11) is 0. The van der Waals surface area contributed by atoms with Crippen molar-refractivity contribution >= 4 is 0 Å². The third-order valence-corrected chi connectivity index (χ3v) is 0. The fourth-order valence-corrected chi connectivity index (χ4v) is 0. The van der Waals surface area contributed by atoms with Crippen molar-refractivity contribution in [1.29, 1.82) is 0 Å². The van der Waals surface area contributed by atoms with Gasteiger partial charge in [-0.15, -0.1) is 0 Å². The summed E-state index contributed by atoms with van der Waals surface area (Å²) in [6.07, 6.45) is 0. The van der Waals surface area contributed by atoms with Crippen LogP contribution in [0.25, 0.3) is 0 Å². The van der Waals surface area contributed by atoms with Crippen LogP contribution in [0.5, 0.6) is 0 Å². The van der Waals surface area contributed by atoms with Crippen LogP contribution in [0.3, 0.4) is 0 Å². The number of rotatable bonds is 0. The molecule has 0 aliphatic rings. The molecule has 0 radical (unpaired) electrons. The number of hydrogen-bond acceptors (Lipinski definition) is 0. The molecule has 0 saturated carbocycles. The van der Waals surface area contributed by atoms with Gasteiger partial charge in [0.1, 0.15) is 0 Å². The van der Waals surface area contributed by atoms with E-state index >= 15 is 0 Å². The van der Waals surface area contributed by atoms with Gasteiger partial charge in [-0.2, -0.15) is 0 Å². The summed E-state index contributed by atoms with van der Waals surface area (Å²) < 4.78 is 0. The van der Waals surface area contributed by atoms with E-state index in [1.54, 1.807) is 0 Å². The van der Waals surface area contributed by atoms with Crippen molar-refractivity contribution in [3.8, 4) is 0 Å². The zero-order valence-corrected chi connectivity index (χ0v) is 8.07. The largest absolute Gasteiger partial charge is 4.00 e. The van der Waals surface area contributed by atoms with Crippen LogP contribution in [-0.2, 0) is 21.7 Å². The second-order valence-corrected chi connectivity index (χ2v) is 0. The summed E-state index contributed by atoms with van der Waals surface area (Å²) >= 11 is 0. The van der Waals surface area contributed by atoms with E-state index < -0.39 is 0 Å². The van der Waals surface area contributed by atoms with Gasteiger partial charge in [0.25, 0.3) is 0 Å². The molecule has 7 heteroatoms. The molecule has 0 bridgehead atoms. The minimum absolute atomic E-state index is 0. The Kier molecular flexibility index (Phi) is 2010. The maximum absolute atomic E-state index is 0. The molecule has 0 nitrogen and oxygen atoms in total. The standard InChI is InChI=1S/5FH.K.Ti/h5*1H;;/q;;;;;+1;+4/p-5. The molecule has 0 atom stereocenters. The van der Waals surface area contributed by atoms with E-state index in [1.807, 2.05) is 0 Å². The van der Waals surface area contributed by atoms with Gasteiger partial charge in [-0.05, 0) is 0 Å². The fourth-order valence-electron chi connectivity index (χ4n) is 0. The molecular weight excluding hydrogens is 182 g/mol. The maximum atomic E-state index is 0. The van der Waals surface area contributed by atoms with E-state index in [2.05, 4.69) is 0 Å². The number of hydrogen-bond donors (Lipinski definition) is 0. The van der Waals surface area contributed by atoms with Crippen molar-refractivity contribution in [2.75, 3.05) is 0 Å². The van der Waals surface area contributed by atoms with Crippen LogP contribution in [-0.4, -0.2) is 0 Å².